The summed E-state index contributed by atoms with van der Waals surface area (Å²) in [7, 11) is 1.38. The maximum atomic E-state index is 12.1. The summed E-state index contributed by atoms with van der Waals surface area (Å²) in [5, 5.41) is 2.98. The van der Waals surface area contributed by atoms with Gasteiger partial charge >= 0.3 is 12.0 Å². The number of hydrogen-bond donors (Lipinski definition) is 1. The Morgan fingerprint density at radius 3 is 2.54 bits per heavy atom. The molecule has 0 unspecified atom stereocenters. The van der Waals surface area contributed by atoms with Gasteiger partial charge in [-0.15, -0.1) is 0 Å². The lowest BCUT2D eigenvalue weighted by Gasteiger charge is -2.36. The third-order valence-corrected chi connectivity index (χ3v) is 4.20. The van der Waals surface area contributed by atoms with Crippen LogP contribution in [0.15, 0.2) is 24.3 Å². The van der Waals surface area contributed by atoms with E-state index >= 15 is 0 Å². The highest BCUT2D eigenvalue weighted by molar-refractivity contribution is 5.90. The molecule has 0 saturated carbocycles. The Morgan fingerprint density at radius 1 is 1.21 bits per heavy atom. The summed E-state index contributed by atoms with van der Waals surface area (Å²) < 4.78 is 4.76. The van der Waals surface area contributed by atoms with E-state index in [-0.39, 0.29) is 12.0 Å². The molecule has 2 rings (SSSR count). The van der Waals surface area contributed by atoms with Crippen molar-refractivity contribution in [3.63, 3.8) is 0 Å². The molecule has 0 atom stereocenters. The quantitative estimate of drug-likeness (QED) is 0.840. The van der Waals surface area contributed by atoms with Crippen LogP contribution in [0.2, 0.25) is 0 Å². The predicted molar refractivity (Wildman–Crippen MR) is 94.4 cm³/mol. The van der Waals surface area contributed by atoms with Crippen LogP contribution in [0.4, 0.5) is 10.5 Å². The summed E-state index contributed by atoms with van der Waals surface area (Å²) in [6, 6.07) is 7.42. The fraction of sp³-hybridized carbons (Fsp3) is 0.556. The molecule has 24 heavy (non-hydrogen) atoms. The molecule has 0 aromatic heterocycles. The molecule has 0 aliphatic carbocycles. The highest BCUT2D eigenvalue weighted by Crippen LogP contribution is 2.18. The van der Waals surface area contributed by atoms with Gasteiger partial charge in [-0.2, -0.15) is 0 Å². The molecule has 1 saturated heterocycles. The monoisotopic (exact) mass is 333 g/mol. The summed E-state index contributed by atoms with van der Waals surface area (Å²) >= 11 is 0. The number of urea groups is 1. The number of esters is 1. The van der Waals surface area contributed by atoms with E-state index in [9.17, 15) is 9.59 Å². The van der Waals surface area contributed by atoms with E-state index in [1.165, 1.54) is 7.11 Å². The van der Waals surface area contributed by atoms with Gasteiger partial charge in [0, 0.05) is 38.4 Å². The first-order chi connectivity index (χ1) is 11.5. The van der Waals surface area contributed by atoms with E-state index in [1.54, 1.807) is 6.07 Å². The van der Waals surface area contributed by atoms with Gasteiger partial charge in [0.2, 0.25) is 0 Å². The Morgan fingerprint density at radius 2 is 1.92 bits per heavy atom. The Kier molecular flexibility index (Phi) is 6.46. The normalized spacial score (nSPS) is 14.7. The lowest BCUT2D eigenvalue weighted by molar-refractivity contribution is 0.0600. The van der Waals surface area contributed by atoms with Gasteiger partial charge in [-0.05, 0) is 30.5 Å². The standard InChI is InChI=1S/C18H27N3O3/c1-14(2)7-8-19-18(23)21-11-9-20(10-12-21)16-6-4-5-15(13-16)17(22)24-3/h4-6,13-14H,7-12H2,1-3H3,(H,19,23). The third-order valence-electron chi connectivity index (χ3n) is 4.20. The number of nitrogens with one attached hydrogen (secondary N) is 1. The predicted octanol–water partition coefficient (Wildman–Crippen LogP) is 2.35. The summed E-state index contributed by atoms with van der Waals surface area (Å²) in [6.07, 6.45) is 0.992. The maximum absolute atomic E-state index is 12.1. The number of amides is 2. The van der Waals surface area contributed by atoms with Crippen LogP contribution in [0.1, 0.15) is 30.6 Å². The van der Waals surface area contributed by atoms with Gasteiger partial charge in [0.15, 0.2) is 0 Å². The van der Waals surface area contributed by atoms with Crippen molar-refractivity contribution in [3.8, 4) is 0 Å². The average Bonchev–Trinajstić information content (AvgIpc) is 2.61. The summed E-state index contributed by atoms with van der Waals surface area (Å²) in [6.45, 7) is 7.87. The Bertz CT molecular complexity index is 566. The summed E-state index contributed by atoms with van der Waals surface area (Å²) in [5.74, 6) is 0.254. The zero-order valence-corrected chi connectivity index (χ0v) is 14.7. The van der Waals surface area contributed by atoms with Crippen LogP contribution in [0.25, 0.3) is 0 Å². The van der Waals surface area contributed by atoms with Gasteiger partial charge in [0.05, 0.1) is 12.7 Å². The number of carbonyl (C=O) groups is 2. The molecule has 1 aromatic carbocycles. The Balaban J connectivity index is 1.86. The smallest absolute Gasteiger partial charge is 0.337 e. The van der Waals surface area contributed by atoms with E-state index in [0.29, 0.717) is 24.6 Å². The molecular formula is C18H27N3O3. The first kappa shape index (κ1) is 18.1. The first-order valence-electron chi connectivity index (χ1n) is 8.47. The zero-order chi connectivity index (χ0) is 17.5. The van der Waals surface area contributed by atoms with Crippen molar-refractivity contribution >= 4 is 17.7 Å². The van der Waals surface area contributed by atoms with Crippen LogP contribution in [0, 0.1) is 5.92 Å². The van der Waals surface area contributed by atoms with Crippen LogP contribution in [-0.4, -0.2) is 56.7 Å². The van der Waals surface area contributed by atoms with Gasteiger partial charge in [0.1, 0.15) is 0 Å². The van der Waals surface area contributed by atoms with Crippen LogP contribution in [0.5, 0.6) is 0 Å². The van der Waals surface area contributed by atoms with Crippen molar-refractivity contribution < 1.29 is 14.3 Å². The fourth-order valence-corrected chi connectivity index (χ4v) is 2.69. The van der Waals surface area contributed by atoms with Gasteiger partial charge in [0.25, 0.3) is 0 Å². The summed E-state index contributed by atoms with van der Waals surface area (Å²) in [4.78, 5) is 27.8. The number of methoxy groups -OCH3 is 1. The molecule has 0 spiro atoms. The summed E-state index contributed by atoms with van der Waals surface area (Å²) in [5.41, 5.74) is 1.53. The van der Waals surface area contributed by atoms with E-state index in [0.717, 1.165) is 31.7 Å². The number of carbonyl (C=O) groups excluding carboxylic acids is 2. The van der Waals surface area contributed by atoms with Crippen LogP contribution >= 0.6 is 0 Å². The van der Waals surface area contributed by atoms with Crippen molar-refractivity contribution in [2.24, 2.45) is 5.92 Å². The number of ether oxygens (including phenoxy) is 1. The lowest BCUT2D eigenvalue weighted by Crippen LogP contribution is -2.52. The van der Waals surface area contributed by atoms with Crippen LogP contribution < -0.4 is 10.2 Å². The average molecular weight is 333 g/mol. The minimum absolute atomic E-state index is 0.0126. The second kappa shape index (κ2) is 8.57. The topological polar surface area (TPSA) is 61.9 Å². The molecule has 6 nitrogen and oxygen atoms in total. The number of nitrogens with zero attached hydrogens (tertiary/aromatic N) is 2. The molecule has 1 aliphatic heterocycles. The molecule has 132 valence electrons. The zero-order valence-electron chi connectivity index (χ0n) is 14.7. The highest BCUT2D eigenvalue weighted by atomic mass is 16.5. The van der Waals surface area contributed by atoms with Gasteiger partial charge in [-0.1, -0.05) is 19.9 Å². The number of anilines is 1. The van der Waals surface area contributed by atoms with E-state index in [4.69, 9.17) is 4.74 Å². The second-order valence-electron chi connectivity index (χ2n) is 6.43. The molecule has 1 aromatic rings. The first-order valence-corrected chi connectivity index (χ1v) is 8.47. The van der Waals surface area contributed by atoms with Gasteiger partial charge < -0.3 is 19.9 Å². The highest BCUT2D eigenvalue weighted by Gasteiger charge is 2.21. The maximum Gasteiger partial charge on any atom is 0.337 e. The number of piperazine rings is 1. The fourth-order valence-electron chi connectivity index (χ4n) is 2.69. The van der Waals surface area contributed by atoms with Gasteiger partial charge in [-0.25, -0.2) is 9.59 Å². The molecule has 1 heterocycles. The minimum atomic E-state index is -0.333. The molecule has 0 bridgehead atoms. The van der Waals surface area contributed by atoms with E-state index in [1.807, 2.05) is 23.1 Å². The molecule has 0 radical (unpaired) electrons. The van der Waals surface area contributed by atoms with Crippen molar-refractivity contribution in [3.05, 3.63) is 29.8 Å². The molecule has 1 aliphatic rings. The molecule has 1 N–H and O–H groups in total. The number of benzene rings is 1. The van der Waals surface area contributed by atoms with Gasteiger partial charge in [-0.3, -0.25) is 0 Å². The molecular weight excluding hydrogens is 306 g/mol. The van der Waals surface area contributed by atoms with E-state index in [2.05, 4.69) is 24.1 Å². The van der Waals surface area contributed by atoms with E-state index < -0.39 is 0 Å². The van der Waals surface area contributed by atoms with Crippen LogP contribution in [0.3, 0.4) is 0 Å². The lowest BCUT2D eigenvalue weighted by atomic mass is 10.1. The van der Waals surface area contributed by atoms with Crippen molar-refractivity contribution in [1.29, 1.82) is 0 Å². The number of rotatable bonds is 5. The Hall–Kier alpha value is -2.24. The Labute approximate surface area is 143 Å². The largest absolute Gasteiger partial charge is 0.465 e. The van der Waals surface area contributed by atoms with Crippen LogP contribution in [-0.2, 0) is 4.74 Å². The molecule has 1 fully saturated rings. The molecule has 2 amide bonds. The second-order valence-corrected chi connectivity index (χ2v) is 6.43. The van der Waals surface area contributed by atoms with Crippen molar-refractivity contribution in [2.45, 2.75) is 20.3 Å². The van der Waals surface area contributed by atoms with Crippen molar-refractivity contribution in [2.75, 3.05) is 44.7 Å². The minimum Gasteiger partial charge on any atom is -0.465 e. The van der Waals surface area contributed by atoms with Crippen molar-refractivity contribution in [1.82, 2.24) is 10.2 Å². The SMILES string of the molecule is COC(=O)c1cccc(N2CCN(C(=O)NCCC(C)C)CC2)c1. The molecule has 6 heteroatoms. The third kappa shape index (κ3) is 4.88. The number of hydrogen-bond acceptors (Lipinski definition) is 4.